The van der Waals surface area contributed by atoms with Gasteiger partial charge in [-0.1, -0.05) is 43.3 Å². The van der Waals surface area contributed by atoms with E-state index in [0.29, 0.717) is 13.2 Å². The van der Waals surface area contributed by atoms with Crippen molar-refractivity contribution in [3.05, 3.63) is 81.8 Å². The summed E-state index contributed by atoms with van der Waals surface area (Å²) in [5.74, 6) is 0.887. The number of hydrogen-bond donors (Lipinski definition) is 0. The van der Waals surface area contributed by atoms with E-state index in [1.54, 1.807) is 11.3 Å². The van der Waals surface area contributed by atoms with Crippen LogP contribution >= 0.6 is 11.3 Å². The summed E-state index contributed by atoms with van der Waals surface area (Å²) in [6, 6.07) is 17.6. The third-order valence-corrected chi connectivity index (χ3v) is 5.67. The quantitative estimate of drug-likeness (QED) is 0.509. The summed E-state index contributed by atoms with van der Waals surface area (Å²) in [4.78, 5) is 19.8. The van der Waals surface area contributed by atoms with Crippen molar-refractivity contribution in [3.8, 4) is 5.75 Å². The predicted octanol–water partition coefficient (Wildman–Crippen LogP) is 5.47. The summed E-state index contributed by atoms with van der Waals surface area (Å²) < 4.78 is 5.78. The molecule has 0 aliphatic carbocycles. The SMILES string of the molecule is CCC(C)N(Cc1csc(COc2ccccc2)n1)C(=O)c1ccccc1C. The van der Waals surface area contributed by atoms with Gasteiger partial charge < -0.3 is 9.64 Å². The third-order valence-electron chi connectivity index (χ3n) is 4.80. The van der Waals surface area contributed by atoms with Gasteiger partial charge in [-0.2, -0.15) is 0 Å². The summed E-state index contributed by atoms with van der Waals surface area (Å²) in [5.41, 5.74) is 2.65. The minimum Gasteiger partial charge on any atom is -0.486 e. The highest BCUT2D eigenvalue weighted by Gasteiger charge is 2.23. The maximum atomic E-state index is 13.2. The van der Waals surface area contributed by atoms with Gasteiger partial charge in [0, 0.05) is 17.0 Å². The van der Waals surface area contributed by atoms with Crippen molar-refractivity contribution < 1.29 is 9.53 Å². The minimum absolute atomic E-state index is 0.0579. The molecule has 0 bridgehead atoms. The molecule has 0 saturated heterocycles. The van der Waals surface area contributed by atoms with Gasteiger partial charge in [-0.3, -0.25) is 4.79 Å². The Morgan fingerprint density at radius 3 is 2.57 bits per heavy atom. The van der Waals surface area contributed by atoms with Crippen molar-refractivity contribution in [1.82, 2.24) is 9.88 Å². The van der Waals surface area contributed by atoms with E-state index in [1.807, 2.05) is 71.8 Å². The van der Waals surface area contributed by atoms with Crippen LogP contribution < -0.4 is 4.74 Å². The molecule has 4 nitrogen and oxygen atoms in total. The Bertz CT molecular complexity index is 908. The zero-order valence-corrected chi connectivity index (χ0v) is 17.4. The Labute approximate surface area is 170 Å². The summed E-state index contributed by atoms with van der Waals surface area (Å²) in [6.45, 7) is 7.10. The summed E-state index contributed by atoms with van der Waals surface area (Å²) in [6.07, 6.45) is 0.895. The van der Waals surface area contributed by atoms with Crippen molar-refractivity contribution in [2.24, 2.45) is 0 Å². The molecule has 0 spiro atoms. The zero-order chi connectivity index (χ0) is 19.9. The number of ether oxygens (including phenoxy) is 1. The second-order valence-electron chi connectivity index (χ2n) is 6.84. The predicted molar refractivity (Wildman–Crippen MR) is 114 cm³/mol. The van der Waals surface area contributed by atoms with E-state index < -0.39 is 0 Å². The normalized spacial score (nSPS) is 11.8. The number of aromatic nitrogens is 1. The molecular formula is C23H26N2O2S. The molecule has 0 aliphatic rings. The fourth-order valence-corrected chi connectivity index (χ4v) is 3.64. The molecule has 5 heteroatoms. The van der Waals surface area contributed by atoms with E-state index in [4.69, 9.17) is 4.74 Å². The lowest BCUT2D eigenvalue weighted by atomic mass is 10.1. The molecule has 1 aromatic heterocycles. The first kappa shape index (κ1) is 20.1. The second kappa shape index (κ2) is 9.51. The van der Waals surface area contributed by atoms with E-state index in [2.05, 4.69) is 18.8 Å². The first-order valence-corrected chi connectivity index (χ1v) is 10.4. The van der Waals surface area contributed by atoms with Gasteiger partial charge in [-0.15, -0.1) is 11.3 Å². The Morgan fingerprint density at radius 2 is 1.86 bits per heavy atom. The van der Waals surface area contributed by atoms with Crippen molar-refractivity contribution >= 4 is 17.2 Å². The van der Waals surface area contributed by atoms with Gasteiger partial charge in [-0.05, 0) is 44.0 Å². The van der Waals surface area contributed by atoms with Crippen LogP contribution in [0.1, 0.15) is 46.9 Å². The molecule has 3 aromatic rings. The minimum atomic E-state index is 0.0579. The van der Waals surface area contributed by atoms with E-state index in [-0.39, 0.29) is 11.9 Å². The van der Waals surface area contributed by atoms with Gasteiger partial charge in [0.25, 0.3) is 5.91 Å². The molecule has 2 aromatic carbocycles. The van der Waals surface area contributed by atoms with Crippen LogP contribution in [-0.4, -0.2) is 21.8 Å². The average Bonchev–Trinajstić information content (AvgIpc) is 3.18. The molecule has 1 unspecified atom stereocenters. The summed E-state index contributed by atoms with van der Waals surface area (Å²) >= 11 is 1.57. The maximum absolute atomic E-state index is 13.2. The Morgan fingerprint density at radius 1 is 1.14 bits per heavy atom. The van der Waals surface area contributed by atoms with Gasteiger partial charge in [0.15, 0.2) is 0 Å². The number of rotatable bonds is 8. The molecule has 1 amide bonds. The average molecular weight is 395 g/mol. The first-order chi connectivity index (χ1) is 13.6. The highest BCUT2D eigenvalue weighted by atomic mass is 32.1. The molecule has 28 heavy (non-hydrogen) atoms. The first-order valence-electron chi connectivity index (χ1n) is 9.56. The van der Waals surface area contributed by atoms with E-state index >= 15 is 0 Å². The third kappa shape index (κ3) is 4.98. The van der Waals surface area contributed by atoms with Gasteiger partial charge in [-0.25, -0.2) is 4.98 Å². The number of carbonyl (C=O) groups is 1. The van der Waals surface area contributed by atoms with Gasteiger partial charge in [0.2, 0.25) is 0 Å². The molecule has 1 atom stereocenters. The summed E-state index contributed by atoms with van der Waals surface area (Å²) in [7, 11) is 0. The molecule has 3 rings (SSSR count). The number of para-hydroxylation sites is 1. The second-order valence-corrected chi connectivity index (χ2v) is 7.78. The molecule has 146 valence electrons. The van der Waals surface area contributed by atoms with Crippen LogP contribution in [0, 0.1) is 6.92 Å². The zero-order valence-electron chi connectivity index (χ0n) is 16.6. The Balaban J connectivity index is 1.70. The monoisotopic (exact) mass is 394 g/mol. The molecule has 0 saturated carbocycles. The fourth-order valence-electron chi connectivity index (χ4n) is 2.94. The van der Waals surface area contributed by atoms with Gasteiger partial charge in [0.1, 0.15) is 17.4 Å². The van der Waals surface area contributed by atoms with Crippen LogP contribution in [0.4, 0.5) is 0 Å². The highest BCUT2D eigenvalue weighted by molar-refractivity contribution is 7.09. The molecule has 0 fully saturated rings. The van der Waals surface area contributed by atoms with E-state index in [9.17, 15) is 4.79 Å². The fraction of sp³-hybridized carbons (Fsp3) is 0.304. The Hall–Kier alpha value is -2.66. The maximum Gasteiger partial charge on any atom is 0.254 e. The molecule has 0 N–H and O–H groups in total. The van der Waals surface area contributed by atoms with Crippen LogP contribution in [-0.2, 0) is 13.2 Å². The smallest absolute Gasteiger partial charge is 0.254 e. The van der Waals surface area contributed by atoms with Crippen molar-refractivity contribution in [3.63, 3.8) is 0 Å². The largest absolute Gasteiger partial charge is 0.486 e. The molecule has 0 aliphatic heterocycles. The molecule has 1 heterocycles. The number of benzene rings is 2. The van der Waals surface area contributed by atoms with Crippen LogP contribution in [0.2, 0.25) is 0 Å². The van der Waals surface area contributed by atoms with Crippen LogP contribution in [0.3, 0.4) is 0 Å². The van der Waals surface area contributed by atoms with Crippen molar-refractivity contribution in [2.45, 2.75) is 46.4 Å². The van der Waals surface area contributed by atoms with Crippen molar-refractivity contribution in [1.29, 1.82) is 0 Å². The number of thiazole rings is 1. The number of nitrogens with zero attached hydrogens (tertiary/aromatic N) is 2. The number of carbonyl (C=O) groups excluding carboxylic acids is 1. The highest BCUT2D eigenvalue weighted by Crippen LogP contribution is 2.20. The van der Waals surface area contributed by atoms with Gasteiger partial charge in [0.05, 0.1) is 12.2 Å². The van der Waals surface area contributed by atoms with E-state index in [0.717, 1.165) is 34.0 Å². The van der Waals surface area contributed by atoms with Crippen molar-refractivity contribution in [2.75, 3.05) is 0 Å². The lowest BCUT2D eigenvalue weighted by molar-refractivity contribution is 0.0668. The summed E-state index contributed by atoms with van der Waals surface area (Å²) in [5, 5.41) is 2.93. The lowest BCUT2D eigenvalue weighted by Crippen LogP contribution is -2.38. The standard InChI is InChI=1S/C23H26N2O2S/c1-4-18(3)25(23(26)21-13-9-8-10-17(21)2)14-19-16-28-22(24-19)15-27-20-11-6-5-7-12-20/h5-13,16,18H,4,14-15H2,1-3H3. The molecular weight excluding hydrogens is 368 g/mol. The van der Waals surface area contributed by atoms with Gasteiger partial charge >= 0.3 is 0 Å². The van der Waals surface area contributed by atoms with E-state index in [1.165, 1.54) is 0 Å². The van der Waals surface area contributed by atoms with Crippen LogP contribution in [0.15, 0.2) is 60.0 Å². The topological polar surface area (TPSA) is 42.4 Å². The lowest BCUT2D eigenvalue weighted by Gasteiger charge is -2.28. The van der Waals surface area contributed by atoms with Crippen LogP contribution in [0.25, 0.3) is 0 Å². The van der Waals surface area contributed by atoms with Crippen LogP contribution in [0.5, 0.6) is 5.75 Å². The number of aryl methyl sites for hydroxylation is 1. The number of hydrogen-bond acceptors (Lipinski definition) is 4. The number of amides is 1. The Kier molecular flexibility index (Phi) is 6.82. The molecule has 0 radical (unpaired) electrons.